The molecule has 126 valence electrons. The minimum absolute atomic E-state index is 0.293. The van der Waals surface area contributed by atoms with Crippen molar-refractivity contribution in [3.05, 3.63) is 28.5 Å². The number of amides is 1. The number of hydrogen-bond donors (Lipinski definition) is 1. The Hall–Kier alpha value is -1.10. The predicted molar refractivity (Wildman–Crippen MR) is 94.9 cm³/mol. The highest BCUT2D eigenvalue weighted by atomic mass is 79.9. The molecule has 22 heavy (non-hydrogen) atoms. The molecular formula is C17H29BrN2O2. The predicted octanol–water partition coefficient (Wildman–Crippen LogP) is 5.41. The quantitative estimate of drug-likeness (QED) is 0.754. The Labute approximate surface area is 143 Å². The molecule has 1 heterocycles. The van der Waals surface area contributed by atoms with Gasteiger partial charge in [0.2, 0.25) is 0 Å². The van der Waals surface area contributed by atoms with Gasteiger partial charge in [0.05, 0.1) is 5.54 Å². The Morgan fingerprint density at radius 3 is 2.18 bits per heavy atom. The molecule has 5 heteroatoms. The summed E-state index contributed by atoms with van der Waals surface area (Å²) in [5.74, 6) is 0. The van der Waals surface area contributed by atoms with E-state index in [1.54, 1.807) is 12.4 Å². The zero-order valence-electron chi connectivity index (χ0n) is 14.8. The summed E-state index contributed by atoms with van der Waals surface area (Å²) < 4.78 is 6.20. The lowest BCUT2D eigenvalue weighted by Crippen LogP contribution is -2.39. The molecule has 1 fully saturated rings. The van der Waals surface area contributed by atoms with Crippen molar-refractivity contribution in [2.75, 3.05) is 0 Å². The highest BCUT2D eigenvalue weighted by molar-refractivity contribution is 9.10. The van der Waals surface area contributed by atoms with E-state index in [1.807, 2.05) is 54.5 Å². The second-order valence-corrected chi connectivity index (χ2v) is 6.52. The molecule has 1 aliphatic carbocycles. The second kappa shape index (κ2) is 9.13. The number of pyridine rings is 1. The standard InChI is InChI=1S/C13H17BrN2O2.2C2H6/c1-12(2,3)18-11(17)16-13(4-5-13)9-6-10(14)8-15-7-9;2*1-2/h6-8H,4-5H2,1-3H3,(H,16,17);2*1-2H3. The Morgan fingerprint density at radius 1 is 1.23 bits per heavy atom. The monoisotopic (exact) mass is 372 g/mol. The van der Waals surface area contributed by atoms with Crippen molar-refractivity contribution in [2.24, 2.45) is 0 Å². The number of carbonyl (C=O) groups is 1. The molecule has 2 rings (SSSR count). The molecule has 1 N–H and O–H groups in total. The third kappa shape index (κ3) is 6.77. The van der Waals surface area contributed by atoms with E-state index in [0.29, 0.717) is 0 Å². The van der Waals surface area contributed by atoms with E-state index in [4.69, 9.17) is 4.74 Å². The molecule has 1 aromatic rings. The summed E-state index contributed by atoms with van der Waals surface area (Å²) in [6.07, 6.45) is 4.98. The van der Waals surface area contributed by atoms with Crippen molar-refractivity contribution in [1.29, 1.82) is 0 Å². The molecule has 0 spiro atoms. The van der Waals surface area contributed by atoms with Crippen LogP contribution in [0.4, 0.5) is 4.79 Å². The van der Waals surface area contributed by atoms with Gasteiger partial charge >= 0.3 is 6.09 Å². The Morgan fingerprint density at radius 2 is 1.77 bits per heavy atom. The fourth-order valence-electron chi connectivity index (χ4n) is 1.78. The minimum atomic E-state index is -0.477. The largest absolute Gasteiger partial charge is 0.444 e. The summed E-state index contributed by atoms with van der Waals surface area (Å²) in [6.45, 7) is 13.6. The van der Waals surface area contributed by atoms with E-state index in [2.05, 4.69) is 26.2 Å². The first-order chi connectivity index (χ1) is 10.3. The van der Waals surface area contributed by atoms with Crippen molar-refractivity contribution in [2.45, 2.75) is 72.4 Å². The molecule has 1 saturated carbocycles. The number of nitrogens with one attached hydrogen (secondary N) is 1. The van der Waals surface area contributed by atoms with Crippen LogP contribution in [0, 0.1) is 0 Å². The van der Waals surface area contributed by atoms with E-state index >= 15 is 0 Å². The number of alkyl carbamates (subject to hydrolysis) is 1. The number of ether oxygens (including phenoxy) is 1. The maximum Gasteiger partial charge on any atom is 0.408 e. The SMILES string of the molecule is CC.CC.CC(C)(C)OC(=O)NC1(c2cncc(Br)c2)CC1. The van der Waals surface area contributed by atoms with Gasteiger partial charge in [-0.1, -0.05) is 27.7 Å². The van der Waals surface area contributed by atoms with Gasteiger partial charge in [-0.05, 0) is 61.2 Å². The van der Waals surface area contributed by atoms with Crippen molar-refractivity contribution < 1.29 is 9.53 Å². The Bertz CT molecular complexity index is 466. The van der Waals surface area contributed by atoms with Crippen molar-refractivity contribution in [1.82, 2.24) is 10.3 Å². The number of hydrogen-bond acceptors (Lipinski definition) is 3. The van der Waals surface area contributed by atoms with E-state index in [9.17, 15) is 4.79 Å². The molecule has 0 radical (unpaired) electrons. The Balaban J connectivity index is 0.00000102. The van der Waals surface area contributed by atoms with Crippen molar-refractivity contribution >= 4 is 22.0 Å². The van der Waals surface area contributed by atoms with Crippen LogP contribution in [0.5, 0.6) is 0 Å². The first kappa shape index (κ1) is 20.9. The van der Waals surface area contributed by atoms with Crippen molar-refractivity contribution in [3.8, 4) is 0 Å². The molecule has 0 saturated heterocycles. The minimum Gasteiger partial charge on any atom is -0.444 e. The molecule has 0 aromatic carbocycles. The number of rotatable bonds is 2. The zero-order chi connectivity index (χ0) is 17.4. The summed E-state index contributed by atoms with van der Waals surface area (Å²) in [5, 5.41) is 2.95. The number of carbonyl (C=O) groups excluding carboxylic acids is 1. The van der Waals surface area contributed by atoms with Crippen LogP contribution in [0.25, 0.3) is 0 Å². The molecular weight excluding hydrogens is 344 g/mol. The van der Waals surface area contributed by atoms with Crippen LogP contribution in [-0.2, 0) is 10.3 Å². The van der Waals surface area contributed by atoms with E-state index in [1.165, 1.54) is 0 Å². The fourth-order valence-corrected chi connectivity index (χ4v) is 2.15. The first-order valence-electron chi connectivity index (χ1n) is 7.93. The molecule has 0 atom stereocenters. The summed E-state index contributed by atoms with van der Waals surface area (Å²) in [6, 6.07) is 1.98. The van der Waals surface area contributed by atoms with Gasteiger partial charge in [0.1, 0.15) is 5.60 Å². The molecule has 0 aliphatic heterocycles. The molecule has 0 unspecified atom stereocenters. The van der Waals surface area contributed by atoms with E-state index in [0.717, 1.165) is 22.9 Å². The Kier molecular flexibility index (Phi) is 8.68. The van der Waals surface area contributed by atoms with Gasteiger partial charge in [-0.25, -0.2) is 4.79 Å². The maximum atomic E-state index is 11.8. The van der Waals surface area contributed by atoms with Crippen LogP contribution in [0.1, 0.15) is 66.9 Å². The van der Waals surface area contributed by atoms with Gasteiger partial charge in [-0.3, -0.25) is 4.98 Å². The maximum absolute atomic E-state index is 11.8. The summed E-state index contributed by atoms with van der Waals surface area (Å²) >= 11 is 3.39. The summed E-state index contributed by atoms with van der Waals surface area (Å²) in [7, 11) is 0. The fraction of sp³-hybridized carbons (Fsp3) is 0.647. The van der Waals surface area contributed by atoms with Crippen molar-refractivity contribution in [3.63, 3.8) is 0 Å². The molecule has 0 bridgehead atoms. The smallest absolute Gasteiger partial charge is 0.408 e. The second-order valence-electron chi connectivity index (χ2n) is 5.60. The van der Waals surface area contributed by atoms with Gasteiger partial charge < -0.3 is 10.1 Å². The van der Waals surface area contributed by atoms with Gasteiger partial charge in [0.25, 0.3) is 0 Å². The average Bonchev–Trinajstić information content (AvgIpc) is 3.22. The third-order valence-electron chi connectivity index (χ3n) is 2.75. The topological polar surface area (TPSA) is 51.2 Å². The highest BCUT2D eigenvalue weighted by Gasteiger charge is 2.46. The van der Waals surface area contributed by atoms with E-state index in [-0.39, 0.29) is 11.6 Å². The van der Waals surface area contributed by atoms with Crippen LogP contribution in [0.15, 0.2) is 22.9 Å². The highest BCUT2D eigenvalue weighted by Crippen LogP contribution is 2.45. The van der Waals surface area contributed by atoms with Gasteiger partial charge in [0.15, 0.2) is 0 Å². The van der Waals surface area contributed by atoms with Crippen LogP contribution in [-0.4, -0.2) is 16.7 Å². The van der Waals surface area contributed by atoms with Gasteiger partial charge in [-0.15, -0.1) is 0 Å². The third-order valence-corrected chi connectivity index (χ3v) is 3.18. The average molecular weight is 373 g/mol. The molecule has 1 aromatic heterocycles. The van der Waals surface area contributed by atoms with Crippen LogP contribution >= 0.6 is 15.9 Å². The van der Waals surface area contributed by atoms with Gasteiger partial charge in [0, 0.05) is 16.9 Å². The summed E-state index contributed by atoms with van der Waals surface area (Å²) in [4.78, 5) is 15.9. The lowest BCUT2D eigenvalue weighted by molar-refractivity contribution is 0.0495. The lowest BCUT2D eigenvalue weighted by Gasteiger charge is -2.23. The molecule has 4 nitrogen and oxygen atoms in total. The summed E-state index contributed by atoms with van der Waals surface area (Å²) in [5.41, 5.74) is 0.247. The number of halogens is 1. The van der Waals surface area contributed by atoms with Crippen LogP contribution < -0.4 is 5.32 Å². The molecule has 1 amide bonds. The number of aromatic nitrogens is 1. The van der Waals surface area contributed by atoms with E-state index < -0.39 is 5.60 Å². The normalized spacial score (nSPS) is 14.5. The van der Waals surface area contributed by atoms with Crippen LogP contribution in [0.2, 0.25) is 0 Å². The number of nitrogens with zero attached hydrogens (tertiary/aromatic N) is 1. The molecule has 1 aliphatic rings. The lowest BCUT2D eigenvalue weighted by atomic mass is 10.1. The first-order valence-corrected chi connectivity index (χ1v) is 8.72. The van der Waals surface area contributed by atoms with Crippen LogP contribution in [0.3, 0.4) is 0 Å². The van der Waals surface area contributed by atoms with Gasteiger partial charge in [-0.2, -0.15) is 0 Å². The zero-order valence-corrected chi connectivity index (χ0v) is 16.4.